The van der Waals surface area contributed by atoms with Crippen molar-refractivity contribution in [3.63, 3.8) is 0 Å². The average Bonchev–Trinajstić information content (AvgIpc) is 2.71. The van der Waals surface area contributed by atoms with Gasteiger partial charge in [0, 0.05) is 40.5 Å². The number of hydrogen-bond donors (Lipinski definition) is 2. The summed E-state index contributed by atoms with van der Waals surface area (Å²) in [6, 6.07) is 8.52. The first-order chi connectivity index (χ1) is 15.5. The normalized spacial score (nSPS) is 19.6. The van der Waals surface area contributed by atoms with E-state index in [-0.39, 0.29) is 28.5 Å². The fourth-order valence-electron chi connectivity index (χ4n) is 5.55. The molecule has 33 heavy (non-hydrogen) atoms. The SMILES string of the molecule is COc1ccc(-n2c3c(cc(C(=O)NC4CC(C)(C)NC(C)(C)C4)c2=O)C(=O)CCC3)cc1. The van der Waals surface area contributed by atoms with Crippen molar-refractivity contribution in [2.24, 2.45) is 0 Å². The van der Waals surface area contributed by atoms with Gasteiger partial charge in [-0.15, -0.1) is 0 Å². The molecule has 2 aliphatic rings. The van der Waals surface area contributed by atoms with E-state index in [1.165, 1.54) is 10.6 Å². The summed E-state index contributed by atoms with van der Waals surface area (Å²) in [5.74, 6) is 0.209. The van der Waals surface area contributed by atoms with E-state index in [0.717, 1.165) is 12.8 Å². The lowest BCUT2D eigenvalue weighted by Crippen LogP contribution is -2.62. The van der Waals surface area contributed by atoms with Gasteiger partial charge >= 0.3 is 0 Å². The third kappa shape index (κ3) is 4.74. The summed E-state index contributed by atoms with van der Waals surface area (Å²) in [6.07, 6.45) is 3.22. The Kier molecular flexibility index (Phi) is 5.95. The quantitative estimate of drug-likeness (QED) is 0.744. The molecule has 0 radical (unpaired) electrons. The number of ketones is 1. The van der Waals surface area contributed by atoms with Gasteiger partial charge in [-0.05, 0) is 83.7 Å². The van der Waals surface area contributed by atoms with Gasteiger partial charge in [-0.1, -0.05) is 0 Å². The number of amides is 1. The van der Waals surface area contributed by atoms with E-state index in [9.17, 15) is 14.4 Å². The fraction of sp³-hybridized carbons (Fsp3) is 0.500. The highest BCUT2D eigenvalue weighted by atomic mass is 16.5. The van der Waals surface area contributed by atoms with E-state index in [2.05, 4.69) is 38.3 Å². The maximum Gasteiger partial charge on any atom is 0.268 e. The number of Topliss-reactive ketones (excluding diaryl/α,β-unsaturated/α-hetero) is 1. The van der Waals surface area contributed by atoms with Crippen molar-refractivity contribution in [3.05, 3.63) is 57.5 Å². The summed E-state index contributed by atoms with van der Waals surface area (Å²) >= 11 is 0. The molecule has 7 heteroatoms. The second kappa shape index (κ2) is 8.45. The molecular formula is C26H33N3O4. The largest absolute Gasteiger partial charge is 0.497 e. The number of aromatic nitrogens is 1. The van der Waals surface area contributed by atoms with Crippen LogP contribution in [0.3, 0.4) is 0 Å². The number of nitrogens with one attached hydrogen (secondary N) is 2. The van der Waals surface area contributed by atoms with E-state index < -0.39 is 11.5 Å². The van der Waals surface area contributed by atoms with Crippen LogP contribution in [0.4, 0.5) is 0 Å². The Hall–Kier alpha value is -2.93. The first-order valence-corrected chi connectivity index (χ1v) is 11.6. The topological polar surface area (TPSA) is 89.4 Å². The molecule has 2 aromatic rings. The van der Waals surface area contributed by atoms with E-state index in [4.69, 9.17) is 4.74 Å². The predicted octanol–water partition coefficient (Wildman–Crippen LogP) is 3.40. The minimum Gasteiger partial charge on any atom is -0.497 e. The number of carbonyl (C=O) groups is 2. The molecule has 176 valence electrons. The standard InChI is InChI=1S/C26H33N3O4/c1-25(2)14-16(15-26(3,4)28-25)27-23(31)20-13-19-21(7-6-8-22(19)30)29(24(20)32)17-9-11-18(33-5)12-10-17/h9-13,16,28H,6-8,14-15H2,1-5H3,(H,27,31). The number of pyridine rings is 1. The molecule has 1 aromatic heterocycles. The molecule has 0 saturated carbocycles. The van der Waals surface area contributed by atoms with Crippen LogP contribution in [0.15, 0.2) is 35.1 Å². The minimum atomic E-state index is -0.429. The molecule has 7 nitrogen and oxygen atoms in total. The van der Waals surface area contributed by atoms with Crippen molar-refractivity contribution in [3.8, 4) is 11.4 Å². The van der Waals surface area contributed by atoms with Crippen molar-refractivity contribution in [2.75, 3.05) is 7.11 Å². The van der Waals surface area contributed by atoms with Crippen LogP contribution in [0.25, 0.3) is 5.69 Å². The van der Waals surface area contributed by atoms with E-state index >= 15 is 0 Å². The molecule has 1 aromatic carbocycles. The lowest BCUT2D eigenvalue weighted by Gasteiger charge is -2.46. The second-order valence-corrected chi connectivity index (χ2v) is 10.5. The minimum absolute atomic E-state index is 0.00830. The number of ether oxygens (including phenoxy) is 1. The summed E-state index contributed by atoms with van der Waals surface area (Å²) in [5, 5.41) is 6.68. The van der Waals surface area contributed by atoms with Crippen molar-refractivity contribution in [1.82, 2.24) is 15.2 Å². The monoisotopic (exact) mass is 451 g/mol. The summed E-state index contributed by atoms with van der Waals surface area (Å²) in [4.78, 5) is 39.7. The summed E-state index contributed by atoms with van der Waals surface area (Å²) in [6.45, 7) is 8.45. The first kappa shape index (κ1) is 23.2. The molecule has 1 aliphatic carbocycles. The van der Waals surface area contributed by atoms with E-state index in [1.54, 1.807) is 31.4 Å². The van der Waals surface area contributed by atoms with Crippen molar-refractivity contribution in [2.45, 2.75) is 76.9 Å². The number of benzene rings is 1. The average molecular weight is 452 g/mol. The molecule has 4 rings (SSSR count). The molecule has 1 saturated heterocycles. The molecule has 0 unspecified atom stereocenters. The van der Waals surface area contributed by atoms with Crippen molar-refractivity contribution in [1.29, 1.82) is 0 Å². The van der Waals surface area contributed by atoms with Crippen LogP contribution < -0.4 is 20.9 Å². The first-order valence-electron chi connectivity index (χ1n) is 11.6. The van der Waals surface area contributed by atoms with Gasteiger partial charge in [0.15, 0.2) is 5.78 Å². The summed E-state index contributed by atoms with van der Waals surface area (Å²) in [7, 11) is 1.58. The highest BCUT2D eigenvalue weighted by Crippen LogP contribution is 2.29. The summed E-state index contributed by atoms with van der Waals surface area (Å²) in [5.41, 5.74) is 1.07. The molecule has 0 atom stereocenters. The van der Waals surface area contributed by atoms with Gasteiger partial charge in [0.1, 0.15) is 11.3 Å². The van der Waals surface area contributed by atoms with Gasteiger partial charge in [-0.25, -0.2) is 0 Å². The Bertz CT molecular complexity index is 1130. The van der Waals surface area contributed by atoms with Crippen LogP contribution in [0, 0.1) is 0 Å². The zero-order chi connectivity index (χ0) is 24.0. The van der Waals surface area contributed by atoms with Crippen molar-refractivity contribution < 1.29 is 14.3 Å². The van der Waals surface area contributed by atoms with Crippen LogP contribution in [0.2, 0.25) is 0 Å². The molecule has 2 N–H and O–H groups in total. The van der Waals surface area contributed by atoms with Gasteiger partial charge in [0.25, 0.3) is 11.5 Å². The molecular weight excluding hydrogens is 418 g/mol. The van der Waals surface area contributed by atoms with Crippen LogP contribution in [0.1, 0.15) is 79.8 Å². The molecule has 0 bridgehead atoms. The van der Waals surface area contributed by atoms with Crippen LogP contribution >= 0.6 is 0 Å². The van der Waals surface area contributed by atoms with Crippen molar-refractivity contribution >= 4 is 11.7 Å². The van der Waals surface area contributed by atoms with Gasteiger partial charge in [-0.3, -0.25) is 19.0 Å². The summed E-state index contributed by atoms with van der Waals surface area (Å²) < 4.78 is 6.76. The Morgan fingerprint density at radius 2 is 1.70 bits per heavy atom. The van der Waals surface area contributed by atoms with Crippen LogP contribution in [-0.2, 0) is 6.42 Å². The number of rotatable bonds is 4. The van der Waals surface area contributed by atoms with E-state index in [0.29, 0.717) is 42.0 Å². The van der Waals surface area contributed by atoms with Gasteiger partial charge in [-0.2, -0.15) is 0 Å². The zero-order valence-electron chi connectivity index (χ0n) is 20.1. The van der Waals surface area contributed by atoms with Crippen LogP contribution in [0.5, 0.6) is 5.75 Å². The Balaban J connectivity index is 1.75. The number of hydrogen-bond acceptors (Lipinski definition) is 5. The number of fused-ring (bicyclic) bond motifs is 1. The zero-order valence-corrected chi connectivity index (χ0v) is 20.1. The Morgan fingerprint density at radius 1 is 1.06 bits per heavy atom. The lowest BCUT2D eigenvalue weighted by atomic mass is 9.79. The maximum atomic E-state index is 13.6. The van der Waals surface area contributed by atoms with Crippen LogP contribution in [-0.4, -0.2) is 40.5 Å². The van der Waals surface area contributed by atoms with E-state index in [1.807, 2.05) is 0 Å². The number of carbonyl (C=O) groups excluding carboxylic acids is 2. The highest BCUT2D eigenvalue weighted by Gasteiger charge is 2.38. The number of nitrogens with zero attached hydrogens (tertiary/aromatic N) is 1. The maximum absolute atomic E-state index is 13.6. The third-order valence-corrected chi connectivity index (χ3v) is 6.52. The van der Waals surface area contributed by atoms with Gasteiger partial charge in [0.05, 0.1) is 7.11 Å². The highest BCUT2D eigenvalue weighted by molar-refractivity contribution is 6.02. The molecule has 1 fully saturated rings. The molecule has 1 aliphatic heterocycles. The molecule has 0 spiro atoms. The number of piperidine rings is 1. The molecule has 2 heterocycles. The Labute approximate surface area is 194 Å². The number of methoxy groups -OCH3 is 1. The molecule has 1 amide bonds. The smallest absolute Gasteiger partial charge is 0.268 e. The van der Waals surface area contributed by atoms with Gasteiger partial charge in [0.2, 0.25) is 0 Å². The third-order valence-electron chi connectivity index (χ3n) is 6.52. The Morgan fingerprint density at radius 3 is 2.30 bits per heavy atom. The lowest BCUT2D eigenvalue weighted by molar-refractivity contribution is 0.0871. The predicted molar refractivity (Wildman–Crippen MR) is 128 cm³/mol. The fourth-order valence-corrected chi connectivity index (χ4v) is 5.55. The second-order valence-electron chi connectivity index (χ2n) is 10.5. The van der Waals surface area contributed by atoms with Gasteiger partial charge < -0.3 is 15.4 Å².